The van der Waals surface area contributed by atoms with Gasteiger partial charge in [0.15, 0.2) is 10.8 Å². The van der Waals surface area contributed by atoms with Crippen molar-refractivity contribution in [1.82, 2.24) is 9.55 Å². The molecule has 18 heavy (non-hydrogen) atoms. The Labute approximate surface area is 118 Å². The van der Waals surface area contributed by atoms with Crippen LogP contribution in [0.5, 0.6) is 0 Å². The second-order valence-electron chi connectivity index (χ2n) is 3.66. The van der Waals surface area contributed by atoms with Gasteiger partial charge in [0.2, 0.25) is 0 Å². The predicted octanol–water partition coefficient (Wildman–Crippen LogP) is 1.41. The van der Waals surface area contributed by atoms with Crippen molar-refractivity contribution < 1.29 is 8.42 Å². The fourth-order valence-electron chi connectivity index (χ4n) is 1.49. The molecule has 0 spiro atoms. The number of hydrogen-bond acceptors (Lipinski definition) is 4. The summed E-state index contributed by atoms with van der Waals surface area (Å²) in [5.41, 5.74) is 6.04. The molecule has 0 fully saturated rings. The number of aryl methyl sites for hydroxylation is 1. The Morgan fingerprint density at radius 2 is 1.94 bits per heavy atom. The van der Waals surface area contributed by atoms with Crippen LogP contribution < -0.4 is 10.5 Å². The molecule has 8 heteroatoms. The normalized spacial score (nSPS) is 11.4. The van der Waals surface area contributed by atoms with Crippen LogP contribution in [0.1, 0.15) is 0 Å². The fraction of sp³-hybridized carbons (Fsp3) is 0.100. The predicted molar refractivity (Wildman–Crippen MR) is 77.6 cm³/mol. The van der Waals surface area contributed by atoms with Crippen molar-refractivity contribution in [3.8, 4) is 0 Å². The highest BCUT2D eigenvalue weighted by Crippen LogP contribution is 2.20. The fourth-order valence-corrected chi connectivity index (χ4v) is 3.14. The van der Waals surface area contributed by atoms with Crippen LogP contribution in [0.3, 0.4) is 0 Å². The molecule has 0 atom stereocenters. The number of nitrogens with two attached hydrogens (primary N) is 1. The Hall–Kier alpha value is -1.29. The van der Waals surface area contributed by atoms with Gasteiger partial charge < -0.3 is 10.3 Å². The molecule has 0 saturated heterocycles. The quantitative estimate of drug-likeness (QED) is 0.791. The first-order valence-electron chi connectivity index (χ1n) is 4.95. The Morgan fingerprint density at radius 3 is 2.44 bits per heavy atom. The summed E-state index contributed by atoms with van der Waals surface area (Å²) >= 11 is 2.14. The largest absolute Gasteiger partial charge is 0.381 e. The number of nitrogens with one attached hydrogen (secondary N) is 1. The lowest BCUT2D eigenvalue weighted by Gasteiger charge is -2.08. The van der Waals surface area contributed by atoms with Crippen LogP contribution in [0.15, 0.2) is 35.6 Å². The highest BCUT2D eigenvalue weighted by molar-refractivity contribution is 14.1. The summed E-state index contributed by atoms with van der Waals surface area (Å²) < 4.78 is 29.1. The lowest BCUT2D eigenvalue weighted by atomic mass is 10.3. The van der Waals surface area contributed by atoms with Gasteiger partial charge in [-0.05, 0) is 46.9 Å². The van der Waals surface area contributed by atoms with Gasteiger partial charge >= 0.3 is 0 Å². The summed E-state index contributed by atoms with van der Waals surface area (Å²) in [5.74, 6) is -0.0180. The first-order valence-corrected chi connectivity index (χ1v) is 7.51. The van der Waals surface area contributed by atoms with Crippen LogP contribution >= 0.6 is 22.6 Å². The van der Waals surface area contributed by atoms with E-state index in [2.05, 4.69) is 32.3 Å². The minimum Gasteiger partial charge on any atom is -0.381 e. The molecule has 3 N–H and O–H groups in total. The van der Waals surface area contributed by atoms with E-state index in [1.54, 1.807) is 19.2 Å². The van der Waals surface area contributed by atoms with Crippen molar-refractivity contribution in [1.29, 1.82) is 0 Å². The topological polar surface area (TPSA) is 90.0 Å². The Morgan fingerprint density at radius 1 is 1.33 bits per heavy atom. The average molecular weight is 378 g/mol. The van der Waals surface area contributed by atoms with E-state index < -0.39 is 10.0 Å². The van der Waals surface area contributed by atoms with E-state index in [-0.39, 0.29) is 10.8 Å². The number of halogens is 1. The van der Waals surface area contributed by atoms with Crippen LogP contribution in [-0.4, -0.2) is 18.0 Å². The van der Waals surface area contributed by atoms with E-state index in [4.69, 9.17) is 5.73 Å². The summed E-state index contributed by atoms with van der Waals surface area (Å²) in [6.07, 6.45) is 1.36. The Kier molecular flexibility index (Phi) is 3.48. The molecule has 6 nitrogen and oxygen atoms in total. The van der Waals surface area contributed by atoms with E-state index in [1.807, 2.05) is 12.1 Å². The molecule has 0 aliphatic carbocycles. The standard InChI is InChI=1S/C10H11IN4O2S/c1-15-6-13-9(12)10(15)18(16,17)14-8-4-2-7(11)3-5-8/h2-6,14H,12H2,1H3. The molecule has 0 aliphatic heterocycles. The van der Waals surface area contributed by atoms with E-state index in [0.717, 1.165) is 3.57 Å². The van der Waals surface area contributed by atoms with Crippen LogP contribution in [0.25, 0.3) is 0 Å². The van der Waals surface area contributed by atoms with Crippen molar-refractivity contribution in [2.75, 3.05) is 10.5 Å². The number of rotatable bonds is 3. The van der Waals surface area contributed by atoms with Crippen molar-refractivity contribution in [3.63, 3.8) is 0 Å². The van der Waals surface area contributed by atoms with Gasteiger partial charge in [-0.1, -0.05) is 0 Å². The number of hydrogen-bond donors (Lipinski definition) is 2. The van der Waals surface area contributed by atoms with E-state index in [9.17, 15) is 8.42 Å². The maximum Gasteiger partial charge on any atom is 0.281 e. The zero-order chi connectivity index (χ0) is 13.3. The number of nitrogens with zero attached hydrogens (tertiary/aromatic N) is 2. The van der Waals surface area contributed by atoms with Gasteiger partial charge in [-0.25, -0.2) is 4.98 Å². The van der Waals surface area contributed by atoms with Crippen molar-refractivity contribution in [3.05, 3.63) is 34.2 Å². The van der Waals surface area contributed by atoms with Gasteiger partial charge in [0.25, 0.3) is 10.0 Å². The molecule has 1 aromatic carbocycles. The summed E-state index contributed by atoms with van der Waals surface area (Å²) in [6.45, 7) is 0. The van der Waals surface area contributed by atoms with Gasteiger partial charge in [0.1, 0.15) is 0 Å². The first-order chi connectivity index (χ1) is 8.40. The molecular formula is C10H11IN4O2S. The van der Waals surface area contributed by atoms with Crippen molar-refractivity contribution in [2.24, 2.45) is 7.05 Å². The van der Waals surface area contributed by atoms with Crippen LogP contribution in [0, 0.1) is 3.57 Å². The van der Waals surface area contributed by atoms with Gasteiger partial charge in [0, 0.05) is 16.3 Å². The lowest BCUT2D eigenvalue weighted by Crippen LogP contribution is -2.17. The van der Waals surface area contributed by atoms with E-state index >= 15 is 0 Å². The molecule has 0 bridgehead atoms. The summed E-state index contributed by atoms with van der Waals surface area (Å²) in [5, 5.41) is -0.0407. The van der Waals surface area contributed by atoms with E-state index in [0.29, 0.717) is 5.69 Å². The van der Waals surface area contributed by atoms with Gasteiger partial charge in [-0.2, -0.15) is 8.42 Å². The molecule has 96 valence electrons. The van der Waals surface area contributed by atoms with Crippen molar-refractivity contribution in [2.45, 2.75) is 5.03 Å². The minimum absolute atomic E-state index is 0.0180. The second kappa shape index (κ2) is 4.76. The van der Waals surface area contributed by atoms with Gasteiger partial charge in [0.05, 0.1) is 6.33 Å². The molecule has 1 heterocycles. The number of aromatic nitrogens is 2. The Bertz CT molecular complexity index is 644. The maximum atomic E-state index is 12.1. The zero-order valence-electron chi connectivity index (χ0n) is 9.46. The smallest absolute Gasteiger partial charge is 0.281 e. The summed E-state index contributed by atoms with van der Waals surface area (Å²) in [4.78, 5) is 3.76. The molecule has 0 amide bonds. The second-order valence-corrected chi connectivity index (χ2v) is 6.50. The SMILES string of the molecule is Cn1cnc(N)c1S(=O)(=O)Nc1ccc(I)cc1. The number of benzene rings is 1. The minimum atomic E-state index is -3.72. The third-order valence-electron chi connectivity index (χ3n) is 2.26. The highest BCUT2D eigenvalue weighted by Gasteiger charge is 2.22. The van der Waals surface area contributed by atoms with Crippen LogP contribution in [0.4, 0.5) is 11.5 Å². The molecule has 0 radical (unpaired) electrons. The average Bonchev–Trinajstić information content (AvgIpc) is 2.62. The van der Waals surface area contributed by atoms with Gasteiger partial charge in [-0.15, -0.1) is 0 Å². The molecule has 1 aromatic heterocycles. The third kappa shape index (κ3) is 2.58. The highest BCUT2D eigenvalue weighted by atomic mass is 127. The monoisotopic (exact) mass is 378 g/mol. The molecule has 2 rings (SSSR count). The number of sulfonamides is 1. The molecule has 0 aliphatic rings. The van der Waals surface area contributed by atoms with Crippen molar-refractivity contribution >= 4 is 44.1 Å². The first kappa shape index (κ1) is 13.1. The number of anilines is 2. The van der Waals surface area contributed by atoms with Gasteiger partial charge in [-0.3, -0.25) is 4.72 Å². The van der Waals surface area contributed by atoms with E-state index in [1.165, 1.54) is 10.9 Å². The number of imidazole rings is 1. The molecular weight excluding hydrogens is 367 g/mol. The molecule has 2 aromatic rings. The lowest BCUT2D eigenvalue weighted by molar-refractivity contribution is 0.592. The molecule has 0 unspecified atom stereocenters. The summed E-state index contributed by atoms with van der Waals surface area (Å²) in [6, 6.07) is 6.99. The van der Waals surface area contributed by atoms with Crippen LogP contribution in [-0.2, 0) is 17.1 Å². The van der Waals surface area contributed by atoms with Crippen LogP contribution in [0.2, 0.25) is 0 Å². The Balaban J connectivity index is 2.36. The maximum absolute atomic E-state index is 12.1. The molecule has 0 saturated carbocycles. The zero-order valence-corrected chi connectivity index (χ0v) is 12.4. The third-order valence-corrected chi connectivity index (χ3v) is 4.49. The number of nitrogen functional groups attached to an aromatic ring is 1. The summed E-state index contributed by atoms with van der Waals surface area (Å²) in [7, 11) is -2.15.